The number of benzene rings is 1. The van der Waals surface area contributed by atoms with E-state index >= 15 is 0 Å². The summed E-state index contributed by atoms with van der Waals surface area (Å²) in [6.45, 7) is 2.44. The molecule has 1 unspecified atom stereocenters. The molecule has 1 atom stereocenters. The minimum Gasteiger partial charge on any atom is -0.340 e. The highest BCUT2D eigenvalue weighted by Gasteiger charge is 2.29. The normalized spacial score (nSPS) is 17.7. The highest BCUT2D eigenvalue weighted by atomic mass is 16.2. The quantitative estimate of drug-likeness (QED) is 0.865. The van der Waals surface area contributed by atoms with Crippen LogP contribution in [0.15, 0.2) is 36.5 Å². The van der Waals surface area contributed by atoms with Crippen LogP contribution in [0.25, 0.3) is 11.3 Å². The first kappa shape index (κ1) is 14.4. The fourth-order valence-corrected chi connectivity index (χ4v) is 2.91. The van der Waals surface area contributed by atoms with Gasteiger partial charge in [0.25, 0.3) is 5.91 Å². The largest absolute Gasteiger partial charge is 0.340 e. The summed E-state index contributed by atoms with van der Waals surface area (Å²) in [4.78, 5) is 21.9. The Balaban J connectivity index is 1.87. The third-order valence-electron chi connectivity index (χ3n) is 3.99. The van der Waals surface area contributed by atoms with E-state index in [-0.39, 0.29) is 11.9 Å². The summed E-state index contributed by atoms with van der Waals surface area (Å²) in [5, 5.41) is 0. The average Bonchev–Trinajstić information content (AvgIpc) is 3.06. The summed E-state index contributed by atoms with van der Waals surface area (Å²) in [5.74, 6) is 6.09. The molecule has 4 nitrogen and oxygen atoms in total. The Bertz CT molecular complexity index is 709. The van der Waals surface area contributed by atoms with Crippen molar-refractivity contribution in [2.24, 2.45) is 0 Å². The van der Waals surface area contributed by atoms with E-state index in [1.165, 1.54) is 0 Å². The van der Waals surface area contributed by atoms with E-state index < -0.39 is 0 Å². The molecule has 1 saturated heterocycles. The maximum absolute atomic E-state index is 12.2. The molecule has 0 bridgehead atoms. The summed E-state index contributed by atoms with van der Waals surface area (Å²) < 4.78 is 0. The molecule has 112 valence electrons. The maximum atomic E-state index is 12.2. The summed E-state index contributed by atoms with van der Waals surface area (Å²) >= 11 is 0. The number of nitrogens with one attached hydrogen (secondary N) is 1. The zero-order valence-corrected chi connectivity index (χ0v) is 12.7. The predicted octanol–water partition coefficient (Wildman–Crippen LogP) is 3.15. The molecule has 3 rings (SSSR count). The van der Waals surface area contributed by atoms with E-state index in [0.29, 0.717) is 0 Å². The Hall–Kier alpha value is -2.54. The average molecular weight is 293 g/mol. The summed E-state index contributed by atoms with van der Waals surface area (Å²) in [6.07, 6.45) is 4.90. The standard InChI is InChI=1S/C18H19N3O/c1-2-8-17(22)21-12-7-6-11-16(21)18-19-13-15(20-18)14-9-4-3-5-10-14/h3-5,9-10,13,16H,6-7,11-12H2,1H3,(H,19,20). The molecule has 0 spiro atoms. The van der Waals surface area contributed by atoms with Crippen LogP contribution in [-0.4, -0.2) is 27.3 Å². The van der Waals surface area contributed by atoms with Gasteiger partial charge < -0.3 is 9.88 Å². The lowest BCUT2D eigenvalue weighted by Gasteiger charge is -2.33. The number of amides is 1. The second-order valence-corrected chi connectivity index (χ2v) is 5.43. The number of carbonyl (C=O) groups excluding carboxylic acids is 1. The molecule has 1 aromatic heterocycles. The zero-order valence-electron chi connectivity index (χ0n) is 12.7. The SMILES string of the molecule is CC#CC(=O)N1CCCCC1c1ncc(-c2ccccc2)[nH]1. The van der Waals surface area contributed by atoms with E-state index in [1.54, 1.807) is 6.92 Å². The molecule has 2 heterocycles. The molecular weight excluding hydrogens is 274 g/mol. The van der Waals surface area contributed by atoms with Gasteiger partial charge in [-0.25, -0.2) is 4.98 Å². The highest BCUT2D eigenvalue weighted by Crippen LogP contribution is 2.30. The number of carbonyl (C=O) groups is 1. The lowest BCUT2D eigenvalue weighted by Crippen LogP contribution is -2.38. The van der Waals surface area contributed by atoms with Crippen molar-refractivity contribution in [1.29, 1.82) is 0 Å². The van der Waals surface area contributed by atoms with Gasteiger partial charge >= 0.3 is 0 Å². The van der Waals surface area contributed by atoms with Crippen LogP contribution >= 0.6 is 0 Å². The number of likely N-dealkylation sites (tertiary alicyclic amines) is 1. The molecule has 1 aliphatic rings. The number of H-pyrrole nitrogens is 1. The number of aromatic amines is 1. The van der Waals surface area contributed by atoms with Crippen LogP contribution in [-0.2, 0) is 4.79 Å². The molecule has 22 heavy (non-hydrogen) atoms. The van der Waals surface area contributed by atoms with E-state index in [0.717, 1.165) is 42.9 Å². The number of hydrogen-bond acceptors (Lipinski definition) is 2. The first-order valence-electron chi connectivity index (χ1n) is 7.63. The van der Waals surface area contributed by atoms with Crippen LogP contribution in [0.4, 0.5) is 0 Å². The van der Waals surface area contributed by atoms with E-state index in [4.69, 9.17) is 0 Å². The number of imidazole rings is 1. The number of piperidine rings is 1. The van der Waals surface area contributed by atoms with E-state index in [9.17, 15) is 4.79 Å². The maximum Gasteiger partial charge on any atom is 0.299 e. The van der Waals surface area contributed by atoms with Crippen molar-refractivity contribution >= 4 is 5.91 Å². The molecule has 2 aromatic rings. The minimum absolute atomic E-state index is 0.000405. The Morgan fingerprint density at radius 2 is 2.14 bits per heavy atom. The Morgan fingerprint density at radius 1 is 1.32 bits per heavy atom. The van der Waals surface area contributed by atoms with Crippen LogP contribution in [0.5, 0.6) is 0 Å². The monoisotopic (exact) mass is 293 g/mol. The highest BCUT2D eigenvalue weighted by molar-refractivity contribution is 5.93. The Kier molecular flexibility index (Phi) is 4.24. The summed E-state index contributed by atoms with van der Waals surface area (Å²) in [6, 6.07) is 10.1. The molecule has 0 saturated carbocycles. The van der Waals surface area contributed by atoms with Gasteiger partial charge in [0, 0.05) is 6.54 Å². The van der Waals surface area contributed by atoms with Gasteiger partial charge in [-0.2, -0.15) is 0 Å². The fraction of sp³-hybridized carbons (Fsp3) is 0.333. The van der Waals surface area contributed by atoms with Gasteiger partial charge in [0.2, 0.25) is 0 Å². The van der Waals surface area contributed by atoms with Crippen LogP contribution in [0.1, 0.15) is 38.1 Å². The Morgan fingerprint density at radius 3 is 2.91 bits per heavy atom. The fourth-order valence-electron chi connectivity index (χ4n) is 2.91. The summed E-state index contributed by atoms with van der Waals surface area (Å²) in [5.41, 5.74) is 2.08. The van der Waals surface area contributed by atoms with Gasteiger partial charge in [0.15, 0.2) is 0 Å². The van der Waals surface area contributed by atoms with Crippen molar-refractivity contribution in [2.75, 3.05) is 6.54 Å². The van der Waals surface area contributed by atoms with Crippen molar-refractivity contribution < 1.29 is 4.79 Å². The van der Waals surface area contributed by atoms with Gasteiger partial charge in [-0.1, -0.05) is 36.3 Å². The van der Waals surface area contributed by atoms with Gasteiger partial charge in [-0.3, -0.25) is 4.79 Å². The molecule has 0 aliphatic carbocycles. The minimum atomic E-state index is -0.107. The molecule has 4 heteroatoms. The van der Waals surface area contributed by atoms with Crippen LogP contribution in [0.2, 0.25) is 0 Å². The van der Waals surface area contributed by atoms with Crippen molar-refractivity contribution in [3.63, 3.8) is 0 Å². The van der Waals surface area contributed by atoms with Gasteiger partial charge in [0.1, 0.15) is 5.82 Å². The summed E-state index contributed by atoms with van der Waals surface area (Å²) in [7, 11) is 0. The molecule has 1 amide bonds. The van der Waals surface area contributed by atoms with Crippen molar-refractivity contribution in [3.8, 4) is 23.1 Å². The van der Waals surface area contributed by atoms with Crippen LogP contribution in [0, 0.1) is 11.8 Å². The molecular formula is C18H19N3O. The van der Waals surface area contributed by atoms with Crippen molar-refractivity contribution in [3.05, 3.63) is 42.4 Å². The van der Waals surface area contributed by atoms with Crippen molar-refractivity contribution in [1.82, 2.24) is 14.9 Å². The Labute approximate surface area is 130 Å². The molecule has 1 aromatic carbocycles. The lowest BCUT2D eigenvalue weighted by atomic mass is 10.0. The molecule has 1 aliphatic heterocycles. The second kappa shape index (κ2) is 6.48. The van der Waals surface area contributed by atoms with Gasteiger partial charge in [0.05, 0.1) is 17.9 Å². The zero-order chi connectivity index (χ0) is 15.4. The van der Waals surface area contributed by atoms with Gasteiger partial charge in [-0.15, -0.1) is 0 Å². The smallest absolute Gasteiger partial charge is 0.299 e. The third-order valence-corrected chi connectivity index (χ3v) is 3.99. The molecule has 1 N–H and O–H groups in total. The number of hydrogen-bond donors (Lipinski definition) is 1. The first-order chi connectivity index (χ1) is 10.8. The predicted molar refractivity (Wildman–Crippen MR) is 85.8 cm³/mol. The van der Waals surface area contributed by atoms with Crippen LogP contribution in [0.3, 0.4) is 0 Å². The number of rotatable bonds is 2. The van der Waals surface area contributed by atoms with Crippen molar-refractivity contribution in [2.45, 2.75) is 32.2 Å². The second-order valence-electron chi connectivity index (χ2n) is 5.43. The first-order valence-corrected chi connectivity index (χ1v) is 7.63. The third kappa shape index (κ3) is 2.89. The van der Waals surface area contributed by atoms with Gasteiger partial charge in [-0.05, 0) is 37.7 Å². The van der Waals surface area contributed by atoms with E-state index in [2.05, 4.69) is 21.8 Å². The van der Waals surface area contributed by atoms with E-state index in [1.807, 2.05) is 41.4 Å². The number of aromatic nitrogens is 2. The molecule has 0 radical (unpaired) electrons. The number of nitrogens with zero attached hydrogens (tertiary/aromatic N) is 2. The lowest BCUT2D eigenvalue weighted by molar-refractivity contribution is -0.128. The topological polar surface area (TPSA) is 49.0 Å². The van der Waals surface area contributed by atoms with Crippen LogP contribution < -0.4 is 0 Å². The molecule has 1 fully saturated rings.